The zero-order valence-corrected chi connectivity index (χ0v) is 20.6. The van der Waals surface area contributed by atoms with Crippen LogP contribution in [0.25, 0.3) is 11.3 Å². The fourth-order valence-electron chi connectivity index (χ4n) is 4.00. The van der Waals surface area contributed by atoms with E-state index in [-0.39, 0.29) is 12.5 Å². The van der Waals surface area contributed by atoms with Gasteiger partial charge in [0, 0.05) is 43.2 Å². The van der Waals surface area contributed by atoms with Crippen LogP contribution in [0.3, 0.4) is 0 Å². The Morgan fingerprint density at radius 1 is 1.03 bits per heavy atom. The molecular weight excluding hydrogens is 461 g/mol. The van der Waals surface area contributed by atoms with E-state index in [9.17, 15) is 9.18 Å². The molecule has 186 valence electrons. The summed E-state index contributed by atoms with van der Waals surface area (Å²) in [7, 11) is 4.94. The molecule has 0 unspecified atom stereocenters. The van der Waals surface area contributed by atoms with Crippen LogP contribution in [-0.4, -0.2) is 34.2 Å². The summed E-state index contributed by atoms with van der Waals surface area (Å²) in [4.78, 5) is 17.5. The highest BCUT2D eigenvalue weighted by Crippen LogP contribution is 2.26. The van der Waals surface area contributed by atoms with Crippen molar-refractivity contribution in [3.8, 4) is 22.8 Å². The molecule has 2 aromatic heterocycles. The molecule has 2 heterocycles. The molecule has 9 heteroatoms. The Hall–Kier alpha value is -4.40. The lowest BCUT2D eigenvalue weighted by Crippen LogP contribution is -2.24. The van der Waals surface area contributed by atoms with E-state index in [1.54, 1.807) is 61.7 Å². The van der Waals surface area contributed by atoms with Crippen LogP contribution in [-0.2, 0) is 20.1 Å². The molecule has 2 N–H and O–H groups in total. The first-order chi connectivity index (χ1) is 17.3. The van der Waals surface area contributed by atoms with E-state index in [2.05, 4.69) is 10.3 Å². The van der Waals surface area contributed by atoms with Gasteiger partial charge in [0.25, 0.3) is 5.91 Å². The van der Waals surface area contributed by atoms with E-state index in [0.717, 1.165) is 11.1 Å². The molecule has 0 saturated heterocycles. The Morgan fingerprint density at radius 3 is 2.36 bits per heavy atom. The second kappa shape index (κ2) is 10.5. The van der Waals surface area contributed by atoms with E-state index >= 15 is 0 Å². The van der Waals surface area contributed by atoms with E-state index in [1.807, 2.05) is 24.4 Å². The standard InChI is InChI=1S/C27H28FN5O3/c1-17-7-22(28)15-30-25(17)20-8-19(16-33-6-5-32(2)27(33)29)9-21(12-20)26(34)31-14-18-10-23(35-3)13-24(11-18)36-4/h5-13,15,29H,14,16H2,1-4H3,(H,31,34). The normalized spacial score (nSPS) is 10.8. The smallest absolute Gasteiger partial charge is 0.251 e. The van der Waals surface area contributed by atoms with Crippen molar-refractivity contribution in [2.75, 3.05) is 14.2 Å². The number of imidazole rings is 1. The molecule has 2 aromatic carbocycles. The van der Waals surface area contributed by atoms with Crippen LogP contribution in [0.5, 0.6) is 11.5 Å². The molecule has 0 atom stereocenters. The molecule has 4 aromatic rings. The van der Waals surface area contributed by atoms with Gasteiger partial charge in [0.1, 0.15) is 17.3 Å². The molecule has 0 saturated carbocycles. The number of aromatic nitrogens is 3. The maximum atomic E-state index is 13.7. The number of nitrogens with one attached hydrogen (secondary N) is 2. The summed E-state index contributed by atoms with van der Waals surface area (Å²) in [6, 6.07) is 12.3. The number of methoxy groups -OCH3 is 2. The number of rotatable bonds is 8. The Balaban J connectivity index is 1.67. The minimum absolute atomic E-state index is 0.268. The quantitative estimate of drug-likeness (QED) is 0.394. The van der Waals surface area contributed by atoms with Crippen LogP contribution in [0.15, 0.2) is 61.1 Å². The maximum Gasteiger partial charge on any atom is 0.251 e. The third-order valence-corrected chi connectivity index (χ3v) is 5.87. The number of halogens is 1. The van der Waals surface area contributed by atoms with Gasteiger partial charge < -0.3 is 23.9 Å². The van der Waals surface area contributed by atoms with Gasteiger partial charge in [0.05, 0.1) is 32.7 Å². The lowest BCUT2D eigenvalue weighted by Gasteiger charge is -2.13. The molecule has 0 aliphatic rings. The number of pyridine rings is 1. The predicted octanol–water partition coefficient (Wildman–Crippen LogP) is 3.81. The first-order valence-electron chi connectivity index (χ1n) is 11.3. The van der Waals surface area contributed by atoms with Crippen molar-refractivity contribution in [3.05, 3.63) is 94.7 Å². The Kier molecular flexibility index (Phi) is 7.19. The molecule has 0 bridgehead atoms. The zero-order valence-electron chi connectivity index (χ0n) is 20.6. The fourth-order valence-corrected chi connectivity index (χ4v) is 4.00. The van der Waals surface area contributed by atoms with Crippen molar-refractivity contribution < 1.29 is 18.7 Å². The lowest BCUT2D eigenvalue weighted by atomic mass is 10.00. The maximum absolute atomic E-state index is 13.7. The molecule has 0 fully saturated rings. The highest BCUT2D eigenvalue weighted by atomic mass is 19.1. The Labute approximate surface area is 208 Å². The minimum atomic E-state index is -0.419. The summed E-state index contributed by atoms with van der Waals surface area (Å²) in [5.74, 6) is 0.570. The predicted molar refractivity (Wildman–Crippen MR) is 133 cm³/mol. The highest BCUT2D eigenvalue weighted by molar-refractivity contribution is 5.95. The number of amides is 1. The summed E-state index contributed by atoms with van der Waals surface area (Å²) >= 11 is 0. The lowest BCUT2D eigenvalue weighted by molar-refractivity contribution is 0.0950. The first kappa shape index (κ1) is 24.7. The van der Waals surface area contributed by atoms with Gasteiger partial charge in [-0.25, -0.2) is 4.39 Å². The topological polar surface area (TPSA) is 94.2 Å². The van der Waals surface area contributed by atoms with Crippen molar-refractivity contribution in [1.82, 2.24) is 19.4 Å². The summed E-state index contributed by atoms with van der Waals surface area (Å²) in [5, 5.41) is 11.2. The number of benzene rings is 2. The largest absolute Gasteiger partial charge is 0.497 e. The van der Waals surface area contributed by atoms with Crippen LogP contribution in [0.4, 0.5) is 4.39 Å². The molecule has 0 radical (unpaired) electrons. The Morgan fingerprint density at radius 2 is 1.75 bits per heavy atom. The first-order valence-corrected chi connectivity index (χ1v) is 11.3. The van der Waals surface area contributed by atoms with Crippen LogP contribution in [0.2, 0.25) is 0 Å². The van der Waals surface area contributed by atoms with Gasteiger partial charge in [-0.15, -0.1) is 0 Å². The fraction of sp³-hybridized carbons (Fsp3) is 0.222. The SMILES string of the molecule is COc1cc(CNC(=O)c2cc(Cn3ccn(C)c3=N)cc(-c3ncc(F)cc3C)c2)cc(OC)c1. The van der Waals surface area contributed by atoms with E-state index in [4.69, 9.17) is 14.9 Å². The molecule has 0 aliphatic carbocycles. The van der Waals surface area contributed by atoms with Crippen molar-refractivity contribution in [1.29, 1.82) is 5.41 Å². The van der Waals surface area contributed by atoms with Gasteiger partial charge in [0.15, 0.2) is 0 Å². The number of carbonyl (C=O) groups excluding carboxylic acids is 1. The van der Waals surface area contributed by atoms with E-state index in [1.165, 1.54) is 12.3 Å². The average Bonchev–Trinajstić information content (AvgIpc) is 3.18. The van der Waals surface area contributed by atoms with Crippen LogP contribution < -0.4 is 20.4 Å². The number of nitrogens with zero attached hydrogens (tertiary/aromatic N) is 3. The van der Waals surface area contributed by atoms with Gasteiger partial charge >= 0.3 is 0 Å². The Bertz CT molecular complexity index is 1450. The van der Waals surface area contributed by atoms with Crippen molar-refractivity contribution in [2.24, 2.45) is 7.05 Å². The molecule has 0 spiro atoms. The minimum Gasteiger partial charge on any atom is -0.497 e. The third kappa shape index (κ3) is 5.46. The van der Waals surface area contributed by atoms with E-state index in [0.29, 0.717) is 46.0 Å². The molecular formula is C27H28FN5O3. The second-order valence-corrected chi connectivity index (χ2v) is 8.50. The summed E-state index contributed by atoms with van der Waals surface area (Å²) in [6.45, 7) is 2.44. The summed E-state index contributed by atoms with van der Waals surface area (Å²) < 4.78 is 27.8. The highest BCUT2D eigenvalue weighted by Gasteiger charge is 2.14. The summed E-state index contributed by atoms with van der Waals surface area (Å²) in [6.07, 6.45) is 4.78. The number of hydrogen-bond donors (Lipinski definition) is 2. The number of carbonyl (C=O) groups is 1. The van der Waals surface area contributed by atoms with E-state index < -0.39 is 5.82 Å². The number of ether oxygens (including phenoxy) is 2. The second-order valence-electron chi connectivity index (χ2n) is 8.50. The molecule has 36 heavy (non-hydrogen) atoms. The van der Waals surface area contributed by atoms with Crippen molar-refractivity contribution in [3.63, 3.8) is 0 Å². The van der Waals surface area contributed by atoms with Gasteiger partial charge in [0.2, 0.25) is 5.62 Å². The molecule has 0 aliphatic heterocycles. The molecule has 1 amide bonds. The summed E-state index contributed by atoms with van der Waals surface area (Å²) in [5.41, 5.74) is 4.35. The van der Waals surface area contributed by atoms with Crippen LogP contribution >= 0.6 is 0 Å². The van der Waals surface area contributed by atoms with Gasteiger partial charge in [-0.3, -0.25) is 15.2 Å². The van der Waals surface area contributed by atoms with Gasteiger partial charge in [-0.05, 0) is 60.0 Å². The van der Waals surface area contributed by atoms with Crippen LogP contribution in [0.1, 0.15) is 27.0 Å². The number of aryl methyl sites for hydroxylation is 2. The average molecular weight is 490 g/mol. The monoisotopic (exact) mass is 489 g/mol. The van der Waals surface area contributed by atoms with Crippen LogP contribution in [0, 0.1) is 18.2 Å². The molecule has 4 rings (SSSR count). The zero-order chi connectivity index (χ0) is 25.8. The van der Waals surface area contributed by atoms with Crippen molar-refractivity contribution in [2.45, 2.75) is 20.0 Å². The third-order valence-electron chi connectivity index (χ3n) is 5.87. The molecule has 8 nitrogen and oxygen atoms in total. The van der Waals surface area contributed by atoms with Crippen molar-refractivity contribution >= 4 is 5.91 Å². The van der Waals surface area contributed by atoms with Gasteiger partial charge in [-0.2, -0.15) is 0 Å². The van der Waals surface area contributed by atoms with Gasteiger partial charge in [-0.1, -0.05) is 0 Å². The number of hydrogen-bond acceptors (Lipinski definition) is 5.